The van der Waals surface area contributed by atoms with Gasteiger partial charge in [-0.2, -0.15) is 0 Å². The number of carbonyl (C=O) groups is 5. The van der Waals surface area contributed by atoms with Crippen LogP contribution < -0.4 is 10.6 Å². The van der Waals surface area contributed by atoms with E-state index < -0.39 is 30.3 Å². The number of carbonyl (C=O) groups excluding carboxylic acids is 5. The van der Waals surface area contributed by atoms with Crippen molar-refractivity contribution in [1.29, 1.82) is 0 Å². The van der Waals surface area contributed by atoms with Crippen LogP contribution in [-0.2, 0) is 23.9 Å². The molecule has 4 heterocycles. The number of rotatable bonds is 11. The summed E-state index contributed by atoms with van der Waals surface area (Å²) in [5.41, 5.74) is 6.01. The number of nitrogens with one attached hydrogen (secondary N) is 4. The Kier molecular flexibility index (Phi) is 11.9. The number of amides is 4. The monoisotopic (exact) mass is 836 g/mol. The van der Waals surface area contributed by atoms with Gasteiger partial charge in [0, 0.05) is 36.5 Å². The fourth-order valence-corrected chi connectivity index (χ4v) is 8.36. The van der Waals surface area contributed by atoms with Crippen molar-refractivity contribution in [1.82, 2.24) is 40.4 Å². The van der Waals surface area contributed by atoms with Crippen LogP contribution in [0, 0.1) is 5.92 Å². The molecule has 15 nitrogen and oxygen atoms in total. The van der Waals surface area contributed by atoms with E-state index in [1.807, 2.05) is 74.6 Å². The highest BCUT2D eigenvalue weighted by atomic mass is 16.5. The number of imidazole rings is 2. The van der Waals surface area contributed by atoms with Crippen LogP contribution in [0.5, 0.6) is 0 Å². The molecule has 4 amide bonds. The first-order chi connectivity index (χ1) is 30.0. The number of ketones is 1. The fourth-order valence-electron chi connectivity index (χ4n) is 8.36. The molecule has 2 aliphatic rings. The third kappa shape index (κ3) is 8.51. The van der Waals surface area contributed by atoms with Gasteiger partial charge in [0.05, 0.1) is 44.2 Å². The van der Waals surface area contributed by atoms with Crippen LogP contribution in [0.15, 0.2) is 103 Å². The second-order valence-electron chi connectivity index (χ2n) is 15.9. The molecular weight excluding hydrogens is 789 g/mol. The van der Waals surface area contributed by atoms with Gasteiger partial charge in [0.1, 0.15) is 23.7 Å². The molecule has 0 aliphatic carbocycles. The van der Waals surface area contributed by atoms with E-state index >= 15 is 0 Å². The standard InChI is InChI=1S/C47H48N8O7/c1-27(2)40(52-46(59)61-3)44(57)55-26-35(56)23-39(55)43-49-25-37(51-43)34-19-18-32-21-31(16-17-33(32)22-34)28-12-14-29(15-13-28)36-24-48-42(50-36)38-11-8-20-54(38)45(58)41(53-47(60)62-4)30-9-6-5-7-10-30/h5-7,9-10,12-19,21-22,24-25,27,38-41H,8,11,20,23,26H2,1-4H3,(H,48,50)(H,49,51)(H,52,59)(H,53,60). The minimum atomic E-state index is -0.890. The Bertz CT molecular complexity index is 2620. The van der Waals surface area contributed by atoms with E-state index in [0.29, 0.717) is 29.5 Å². The van der Waals surface area contributed by atoms with Crippen LogP contribution in [-0.4, -0.2) is 92.9 Å². The molecule has 0 bridgehead atoms. The van der Waals surface area contributed by atoms with Gasteiger partial charge in [-0.15, -0.1) is 0 Å². The zero-order chi connectivity index (χ0) is 43.5. The van der Waals surface area contributed by atoms with Crippen LogP contribution in [0.2, 0.25) is 0 Å². The Morgan fingerprint density at radius 2 is 1.27 bits per heavy atom. The molecule has 2 aromatic heterocycles. The molecule has 2 fully saturated rings. The molecule has 2 saturated heterocycles. The van der Waals surface area contributed by atoms with Crippen LogP contribution in [0.25, 0.3) is 44.4 Å². The molecule has 318 valence electrons. The lowest BCUT2D eigenvalue weighted by atomic mass is 9.98. The van der Waals surface area contributed by atoms with Crippen LogP contribution in [0.1, 0.15) is 68.4 Å². The number of hydrogen-bond donors (Lipinski definition) is 4. The Hall–Kier alpha value is -7.29. The molecule has 4 N–H and O–H groups in total. The maximum absolute atomic E-state index is 13.9. The molecule has 6 aromatic rings. The van der Waals surface area contributed by atoms with E-state index in [2.05, 4.69) is 57.0 Å². The smallest absolute Gasteiger partial charge is 0.407 e. The first-order valence-corrected chi connectivity index (χ1v) is 20.6. The molecular formula is C47H48N8O7. The summed E-state index contributed by atoms with van der Waals surface area (Å²) < 4.78 is 9.55. The summed E-state index contributed by atoms with van der Waals surface area (Å²) in [6.07, 6.45) is 3.93. The maximum Gasteiger partial charge on any atom is 0.407 e. The van der Waals surface area contributed by atoms with E-state index in [4.69, 9.17) is 19.4 Å². The largest absolute Gasteiger partial charge is 0.453 e. The van der Waals surface area contributed by atoms with Crippen molar-refractivity contribution in [3.05, 3.63) is 121 Å². The highest BCUT2D eigenvalue weighted by Crippen LogP contribution is 2.36. The first kappa shape index (κ1) is 41.4. The number of alkyl carbamates (subject to hydrolysis) is 2. The highest BCUT2D eigenvalue weighted by molar-refractivity contribution is 5.94. The van der Waals surface area contributed by atoms with E-state index in [1.54, 1.807) is 11.1 Å². The third-order valence-electron chi connectivity index (χ3n) is 11.7. The average molecular weight is 837 g/mol. The van der Waals surface area contributed by atoms with Gasteiger partial charge in [-0.25, -0.2) is 19.6 Å². The Morgan fingerprint density at radius 1 is 0.694 bits per heavy atom. The molecule has 0 radical (unpaired) electrons. The molecule has 2 aliphatic heterocycles. The number of methoxy groups -OCH3 is 2. The molecule has 62 heavy (non-hydrogen) atoms. The van der Waals surface area contributed by atoms with Crippen molar-refractivity contribution >= 4 is 40.6 Å². The number of nitrogens with zero attached hydrogens (tertiary/aromatic N) is 4. The van der Waals surface area contributed by atoms with Gasteiger partial charge in [0.2, 0.25) is 5.91 Å². The first-order valence-electron chi connectivity index (χ1n) is 20.6. The quantitative estimate of drug-likeness (QED) is 0.104. The summed E-state index contributed by atoms with van der Waals surface area (Å²) in [5.74, 6) is 0.295. The third-order valence-corrected chi connectivity index (χ3v) is 11.7. The lowest BCUT2D eigenvalue weighted by Crippen LogP contribution is -2.51. The molecule has 0 saturated carbocycles. The minimum absolute atomic E-state index is 0.0602. The van der Waals surface area contributed by atoms with Crippen LogP contribution >= 0.6 is 0 Å². The summed E-state index contributed by atoms with van der Waals surface area (Å²) in [5, 5.41) is 7.38. The van der Waals surface area contributed by atoms with Crippen molar-refractivity contribution in [2.45, 2.75) is 57.3 Å². The molecule has 15 heteroatoms. The number of Topliss-reactive ketones (excluding diaryl/α,β-unsaturated/α-hetero) is 1. The van der Waals surface area contributed by atoms with Crippen LogP contribution in [0.3, 0.4) is 0 Å². The number of hydrogen-bond acceptors (Lipinski definition) is 9. The molecule has 4 atom stereocenters. The van der Waals surface area contributed by atoms with Gasteiger partial charge in [-0.05, 0) is 58.4 Å². The maximum atomic E-state index is 13.9. The van der Waals surface area contributed by atoms with Crippen molar-refractivity contribution in [3.8, 4) is 33.6 Å². The van der Waals surface area contributed by atoms with Crippen LogP contribution in [0.4, 0.5) is 9.59 Å². The molecule has 0 spiro atoms. The van der Waals surface area contributed by atoms with Crippen molar-refractivity contribution in [3.63, 3.8) is 0 Å². The van der Waals surface area contributed by atoms with E-state index in [9.17, 15) is 24.0 Å². The predicted molar refractivity (Wildman–Crippen MR) is 231 cm³/mol. The second-order valence-corrected chi connectivity index (χ2v) is 15.9. The number of benzene rings is 4. The highest BCUT2D eigenvalue weighted by Gasteiger charge is 2.41. The number of fused-ring (bicyclic) bond motifs is 1. The molecule has 8 rings (SSSR count). The predicted octanol–water partition coefficient (Wildman–Crippen LogP) is 7.27. The van der Waals surface area contributed by atoms with Crippen molar-refractivity contribution in [2.24, 2.45) is 5.92 Å². The number of ether oxygens (including phenoxy) is 2. The zero-order valence-electron chi connectivity index (χ0n) is 34.9. The normalized spacial score (nSPS) is 17.3. The summed E-state index contributed by atoms with van der Waals surface area (Å²) in [6, 6.07) is 27.1. The van der Waals surface area contributed by atoms with E-state index in [1.165, 1.54) is 19.1 Å². The summed E-state index contributed by atoms with van der Waals surface area (Å²) >= 11 is 0. The van der Waals surface area contributed by atoms with Gasteiger partial charge in [-0.3, -0.25) is 14.4 Å². The number of aromatic amines is 2. The summed E-state index contributed by atoms with van der Waals surface area (Å²) in [4.78, 5) is 83.9. The summed E-state index contributed by atoms with van der Waals surface area (Å²) in [6.45, 7) is 4.13. The fraction of sp³-hybridized carbons (Fsp3) is 0.298. The lowest BCUT2D eigenvalue weighted by Gasteiger charge is -2.29. The van der Waals surface area contributed by atoms with E-state index in [-0.39, 0.29) is 42.5 Å². The second kappa shape index (κ2) is 17.7. The lowest BCUT2D eigenvalue weighted by molar-refractivity contribution is -0.136. The van der Waals surface area contributed by atoms with E-state index in [0.717, 1.165) is 51.6 Å². The van der Waals surface area contributed by atoms with Gasteiger partial charge in [-0.1, -0.05) is 92.7 Å². The van der Waals surface area contributed by atoms with Crippen molar-refractivity contribution in [2.75, 3.05) is 27.3 Å². The molecule has 4 unspecified atom stereocenters. The number of H-pyrrole nitrogens is 2. The minimum Gasteiger partial charge on any atom is -0.453 e. The number of aromatic nitrogens is 4. The molecule has 4 aromatic carbocycles. The van der Waals surface area contributed by atoms with Gasteiger partial charge >= 0.3 is 12.2 Å². The number of likely N-dealkylation sites (tertiary alicyclic amines) is 2. The Labute approximate surface area is 358 Å². The SMILES string of the molecule is COC(=O)NC(C(=O)N1CCCC1c1nc(-c2ccc(-c3ccc4cc(-c5c[nH]c(C6CC(=O)CN6C(=O)C(NC(=O)OC)C(C)C)n5)ccc4c3)cc2)c[nH]1)c1ccccc1. The van der Waals surface area contributed by atoms with Crippen molar-refractivity contribution < 1.29 is 33.4 Å². The van der Waals surface area contributed by atoms with Gasteiger partial charge in [0.15, 0.2) is 5.78 Å². The summed E-state index contributed by atoms with van der Waals surface area (Å²) in [7, 11) is 2.52. The van der Waals surface area contributed by atoms with Gasteiger partial charge in [0.25, 0.3) is 5.91 Å². The Balaban J connectivity index is 0.950. The Morgan fingerprint density at radius 3 is 1.94 bits per heavy atom. The average Bonchev–Trinajstić information content (AvgIpc) is 4.14. The topological polar surface area (TPSA) is 192 Å². The zero-order valence-corrected chi connectivity index (χ0v) is 34.9. The van der Waals surface area contributed by atoms with Gasteiger partial charge < -0.3 is 39.9 Å².